The zero-order valence-electron chi connectivity index (χ0n) is 25.9. The predicted octanol–water partition coefficient (Wildman–Crippen LogP) is 3.40. The Labute approximate surface area is 245 Å². The molecule has 40 heavy (non-hydrogen) atoms. The molecule has 2 atom stereocenters. The number of carbonyl (C=O) groups is 3. The van der Waals surface area contributed by atoms with Gasteiger partial charge in [-0.2, -0.15) is 0 Å². The van der Waals surface area contributed by atoms with Gasteiger partial charge in [-0.3, -0.25) is 14.5 Å². The van der Waals surface area contributed by atoms with Gasteiger partial charge < -0.3 is 28.9 Å². The molecule has 2 N–H and O–H groups in total. The number of rotatable bonds is 12. The molecule has 1 amide bonds. The molecule has 2 rings (SSSR count). The first-order valence-corrected chi connectivity index (χ1v) is 21.2. The summed E-state index contributed by atoms with van der Waals surface area (Å²) in [4.78, 5) is 48.2. The maximum atomic E-state index is 13.6. The number of hydrogen-bond donors (Lipinski definition) is 2. The van der Waals surface area contributed by atoms with Crippen LogP contribution in [0.3, 0.4) is 0 Å². The van der Waals surface area contributed by atoms with E-state index in [-0.39, 0.29) is 35.2 Å². The molecule has 0 spiro atoms. The zero-order valence-corrected chi connectivity index (χ0v) is 28.7. The first-order chi connectivity index (χ1) is 18.4. The molecule has 2 heterocycles. The molecule has 0 aromatic rings. The van der Waals surface area contributed by atoms with Crippen LogP contribution in [0.1, 0.15) is 41.5 Å². The van der Waals surface area contributed by atoms with Gasteiger partial charge >= 0.3 is 11.9 Å². The van der Waals surface area contributed by atoms with E-state index in [1.165, 1.54) is 23.6 Å². The van der Waals surface area contributed by atoms with Crippen LogP contribution in [0, 0.1) is 0 Å². The molecule has 1 unspecified atom stereocenters. The number of ether oxygens (including phenoxy) is 3. The van der Waals surface area contributed by atoms with Crippen LogP contribution < -0.4 is 10.3 Å². The number of thioether (sulfide) groups is 1. The minimum absolute atomic E-state index is 0.00601. The molecular formula is C26H48N4O7SSi2. The van der Waals surface area contributed by atoms with Crippen molar-refractivity contribution in [3.05, 3.63) is 11.3 Å². The first-order valence-electron chi connectivity index (χ1n) is 13.8. The van der Waals surface area contributed by atoms with E-state index >= 15 is 0 Å². The first kappa shape index (κ1) is 34.3. The van der Waals surface area contributed by atoms with E-state index < -0.39 is 40.8 Å². The Balaban J connectivity index is 2.36. The van der Waals surface area contributed by atoms with Crippen LogP contribution in [0.15, 0.2) is 16.3 Å². The van der Waals surface area contributed by atoms with Crippen molar-refractivity contribution in [3.8, 4) is 0 Å². The SMILES string of the molecule is CCOC(CN=C(NC1C(=O)N2C(C(=O)O[Si](C)(C)C)=C(COC(C)=O)CS[C@@H]12)N[Si](C)(C)C(C)(C)C)OCC. The lowest BCUT2D eigenvalue weighted by molar-refractivity contribution is -0.148. The standard InChI is InChI=1S/C26H48N4O7SSi2/c1-12-34-19(35-13-2)14-27-25(29-40(10,11)26(4,5)6)28-20-22(32)30-21(24(33)37-39(7,8)9)18(15-36-17(3)31)16-38-23(20)30/h19-20,23H,12-16H2,1-11H3,(H2,27,28,29)/t20?,23-/m0/s1. The van der Waals surface area contributed by atoms with E-state index in [1.807, 2.05) is 33.5 Å². The topological polar surface area (TPSA) is 128 Å². The van der Waals surface area contributed by atoms with E-state index in [1.54, 1.807) is 0 Å². The predicted molar refractivity (Wildman–Crippen MR) is 163 cm³/mol. The third-order valence-electron chi connectivity index (χ3n) is 6.79. The highest BCUT2D eigenvalue weighted by atomic mass is 32.2. The summed E-state index contributed by atoms with van der Waals surface area (Å²) in [6.07, 6.45) is -0.500. The normalized spacial score (nSPS) is 20.2. The van der Waals surface area contributed by atoms with Crippen molar-refractivity contribution >= 4 is 52.1 Å². The Kier molecular flexibility index (Phi) is 11.9. The average Bonchev–Trinajstić information content (AvgIpc) is 2.81. The van der Waals surface area contributed by atoms with Crippen LogP contribution in [0.5, 0.6) is 0 Å². The minimum Gasteiger partial charge on any atom is -0.515 e. The van der Waals surface area contributed by atoms with E-state index in [2.05, 4.69) is 44.2 Å². The molecule has 0 saturated carbocycles. The summed E-state index contributed by atoms with van der Waals surface area (Å²) in [6, 6.07) is -0.608. The van der Waals surface area contributed by atoms with Gasteiger partial charge in [-0.15, -0.1) is 11.8 Å². The molecule has 11 nitrogen and oxygen atoms in total. The molecule has 0 bridgehead atoms. The number of guanidine groups is 1. The molecule has 2 aliphatic heterocycles. The van der Waals surface area contributed by atoms with Crippen LogP contribution in [-0.4, -0.2) is 95.1 Å². The number of amides is 1. The van der Waals surface area contributed by atoms with E-state index in [9.17, 15) is 14.4 Å². The van der Waals surface area contributed by atoms with Crippen LogP contribution in [0.25, 0.3) is 0 Å². The fourth-order valence-corrected chi connectivity index (χ4v) is 6.84. The number of hydrogen-bond acceptors (Lipinski definition) is 9. The second-order valence-electron chi connectivity index (χ2n) is 12.3. The Morgan fingerprint density at radius 3 is 2.23 bits per heavy atom. The molecule has 2 aliphatic rings. The summed E-state index contributed by atoms with van der Waals surface area (Å²) < 4.78 is 22.3. The van der Waals surface area contributed by atoms with Gasteiger partial charge in [-0.1, -0.05) is 33.9 Å². The second kappa shape index (κ2) is 13.9. The van der Waals surface area contributed by atoms with E-state index in [4.69, 9.17) is 23.6 Å². The summed E-state index contributed by atoms with van der Waals surface area (Å²) >= 11 is 1.51. The van der Waals surface area contributed by atoms with Gasteiger partial charge in [-0.25, -0.2) is 9.79 Å². The smallest absolute Gasteiger partial charge is 0.341 e. The number of carbonyl (C=O) groups excluding carboxylic acids is 3. The maximum absolute atomic E-state index is 13.6. The van der Waals surface area contributed by atoms with Gasteiger partial charge in [0.05, 0.1) is 6.54 Å². The number of nitrogens with zero attached hydrogens (tertiary/aromatic N) is 2. The molecule has 14 heteroatoms. The van der Waals surface area contributed by atoms with E-state index in [0.29, 0.717) is 30.5 Å². The third kappa shape index (κ3) is 9.06. The Morgan fingerprint density at radius 1 is 1.12 bits per heavy atom. The average molecular weight is 617 g/mol. The van der Waals surface area contributed by atoms with Gasteiger partial charge in [0.15, 0.2) is 20.5 Å². The molecule has 1 saturated heterocycles. The maximum Gasteiger partial charge on any atom is 0.341 e. The number of nitrogens with one attached hydrogen (secondary N) is 2. The van der Waals surface area contributed by atoms with Crippen molar-refractivity contribution in [2.24, 2.45) is 4.99 Å². The zero-order chi connectivity index (χ0) is 30.5. The lowest BCUT2D eigenvalue weighted by atomic mass is 10.0. The summed E-state index contributed by atoms with van der Waals surface area (Å²) in [5.41, 5.74) is 0.745. The highest BCUT2D eigenvalue weighted by molar-refractivity contribution is 8.00. The summed E-state index contributed by atoms with van der Waals surface area (Å²) in [5, 5.41) is 3.00. The monoisotopic (exact) mass is 616 g/mol. The van der Waals surface area contributed by atoms with Gasteiger partial charge in [0.1, 0.15) is 23.7 Å². The minimum atomic E-state index is -2.25. The molecule has 0 aromatic carbocycles. The Hall–Kier alpha value is -1.88. The summed E-state index contributed by atoms with van der Waals surface area (Å²) in [7, 11) is -4.32. The molecule has 1 fully saturated rings. The lowest BCUT2D eigenvalue weighted by Gasteiger charge is -2.50. The van der Waals surface area contributed by atoms with Crippen LogP contribution in [0.4, 0.5) is 0 Å². The van der Waals surface area contributed by atoms with E-state index in [0.717, 1.165) is 0 Å². The second-order valence-corrected chi connectivity index (χ2v) is 22.8. The fraction of sp³-hybridized carbons (Fsp3) is 0.769. The van der Waals surface area contributed by atoms with Crippen molar-refractivity contribution in [1.29, 1.82) is 0 Å². The van der Waals surface area contributed by atoms with Crippen molar-refractivity contribution in [3.63, 3.8) is 0 Å². The van der Waals surface area contributed by atoms with Crippen LogP contribution in [-0.2, 0) is 33.0 Å². The van der Waals surface area contributed by atoms with Crippen LogP contribution in [0.2, 0.25) is 37.8 Å². The Bertz CT molecular complexity index is 1000. The Morgan fingerprint density at radius 2 is 1.73 bits per heavy atom. The highest BCUT2D eigenvalue weighted by Crippen LogP contribution is 2.41. The number of fused-ring (bicyclic) bond motifs is 1. The van der Waals surface area contributed by atoms with Gasteiger partial charge in [0.25, 0.3) is 5.91 Å². The van der Waals surface area contributed by atoms with Crippen molar-refractivity contribution < 1.29 is 33.0 Å². The molecular weight excluding hydrogens is 569 g/mol. The number of esters is 1. The quantitative estimate of drug-likeness (QED) is 0.0841. The van der Waals surface area contributed by atoms with Crippen molar-refractivity contribution in [2.45, 2.75) is 97.0 Å². The third-order valence-corrected chi connectivity index (χ3v) is 13.5. The molecule has 0 aliphatic carbocycles. The fourth-order valence-electron chi connectivity index (χ4n) is 3.74. The number of aliphatic imine (C=N–C) groups is 1. The van der Waals surface area contributed by atoms with Gasteiger partial charge in [-0.05, 0) is 38.5 Å². The molecule has 0 aromatic heterocycles. The summed E-state index contributed by atoms with van der Waals surface area (Å²) in [6.45, 7) is 23.0. The van der Waals surface area contributed by atoms with Gasteiger partial charge in [0, 0.05) is 31.5 Å². The molecule has 228 valence electrons. The van der Waals surface area contributed by atoms with Crippen molar-refractivity contribution in [2.75, 3.05) is 32.1 Å². The number of β-lactam (4-membered cyclic amide) rings is 1. The van der Waals surface area contributed by atoms with Gasteiger partial charge in [0.2, 0.25) is 8.32 Å². The highest BCUT2D eigenvalue weighted by Gasteiger charge is 2.55. The largest absolute Gasteiger partial charge is 0.515 e. The lowest BCUT2D eigenvalue weighted by Crippen LogP contribution is -2.73. The molecule has 0 radical (unpaired) electrons. The van der Waals surface area contributed by atoms with Crippen molar-refractivity contribution in [1.82, 2.24) is 15.2 Å². The summed E-state index contributed by atoms with van der Waals surface area (Å²) in [5.74, 6) is -0.342. The van der Waals surface area contributed by atoms with Crippen LogP contribution >= 0.6 is 11.8 Å².